The fourth-order valence-electron chi connectivity index (χ4n) is 2.31. The third kappa shape index (κ3) is 3.20. The van der Waals surface area contributed by atoms with Crippen LogP contribution < -0.4 is 15.5 Å². The molecule has 0 aromatic carbocycles. The van der Waals surface area contributed by atoms with Gasteiger partial charge in [-0.15, -0.1) is 0 Å². The number of amides is 1. The topological polar surface area (TPSA) is 70.2 Å². The van der Waals surface area contributed by atoms with Gasteiger partial charge in [-0.2, -0.15) is 0 Å². The lowest BCUT2D eigenvalue weighted by Crippen LogP contribution is -2.43. The molecule has 0 saturated carbocycles. The van der Waals surface area contributed by atoms with E-state index in [4.69, 9.17) is 0 Å². The minimum absolute atomic E-state index is 0.0528. The summed E-state index contributed by atoms with van der Waals surface area (Å²) in [7, 11) is 0. The molecule has 3 rings (SSSR count). The highest BCUT2D eigenvalue weighted by Gasteiger charge is 2.13. The number of rotatable bonds is 3. The molecule has 1 fully saturated rings. The third-order valence-corrected chi connectivity index (χ3v) is 3.49. The number of pyridine rings is 2. The van der Waals surface area contributed by atoms with Gasteiger partial charge < -0.3 is 15.5 Å². The van der Waals surface area contributed by atoms with Crippen LogP contribution in [-0.4, -0.2) is 42.1 Å². The van der Waals surface area contributed by atoms with E-state index in [2.05, 4.69) is 25.5 Å². The number of anilines is 2. The van der Waals surface area contributed by atoms with Crippen molar-refractivity contribution in [3.63, 3.8) is 0 Å². The molecule has 1 aliphatic rings. The normalized spacial score (nSPS) is 14.7. The number of carbonyl (C=O) groups is 1. The summed E-state index contributed by atoms with van der Waals surface area (Å²) in [6.07, 6.45) is 4.10. The Morgan fingerprint density at radius 3 is 2.73 bits per heavy atom. The van der Waals surface area contributed by atoms with Crippen molar-refractivity contribution >= 4 is 17.4 Å². The monoisotopic (exact) mass is 301 g/mol. The van der Waals surface area contributed by atoms with Crippen LogP contribution in [0.2, 0.25) is 0 Å². The summed E-state index contributed by atoms with van der Waals surface area (Å²) in [4.78, 5) is 22.0. The number of hydrogen-bond donors (Lipinski definition) is 2. The SMILES string of the molecule is O=C(Nc1ccc(N2CCNCC2)cn1)c1ccncc1F. The molecule has 1 amide bonds. The molecule has 0 aliphatic carbocycles. The lowest BCUT2D eigenvalue weighted by Gasteiger charge is -2.29. The van der Waals surface area contributed by atoms with Crippen LogP contribution in [-0.2, 0) is 0 Å². The maximum Gasteiger partial charge on any atom is 0.259 e. The molecule has 1 aliphatic heterocycles. The Kier molecular flexibility index (Phi) is 4.24. The largest absolute Gasteiger partial charge is 0.368 e. The van der Waals surface area contributed by atoms with Crippen molar-refractivity contribution in [2.45, 2.75) is 0 Å². The van der Waals surface area contributed by atoms with Crippen LogP contribution in [0.3, 0.4) is 0 Å². The second-order valence-electron chi connectivity index (χ2n) is 4.95. The molecule has 0 bridgehead atoms. The average Bonchev–Trinajstić information content (AvgIpc) is 2.57. The fourth-order valence-corrected chi connectivity index (χ4v) is 2.31. The maximum absolute atomic E-state index is 13.5. The van der Waals surface area contributed by atoms with Crippen LogP contribution in [0.25, 0.3) is 0 Å². The summed E-state index contributed by atoms with van der Waals surface area (Å²) in [6, 6.07) is 4.95. The highest BCUT2D eigenvalue weighted by molar-refractivity contribution is 6.03. The standard InChI is InChI=1S/C15H16FN5O/c16-13-10-18-4-3-12(13)15(22)20-14-2-1-11(9-19-14)21-7-5-17-6-8-21/h1-4,9-10,17H,5-8H2,(H,19,20,22). The van der Waals surface area contributed by atoms with Gasteiger partial charge in [-0.1, -0.05) is 0 Å². The number of piperazine rings is 1. The summed E-state index contributed by atoms with van der Waals surface area (Å²) in [5, 5.41) is 5.87. The van der Waals surface area contributed by atoms with Gasteiger partial charge in [-0.05, 0) is 18.2 Å². The van der Waals surface area contributed by atoms with Crippen molar-refractivity contribution in [2.75, 3.05) is 36.4 Å². The third-order valence-electron chi connectivity index (χ3n) is 3.49. The number of nitrogens with zero attached hydrogens (tertiary/aromatic N) is 3. The van der Waals surface area contributed by atoms with E-state index in [-0.39, 0.29) is 5.56 Å². The van der Waals surface area contributed by atoms with E-state index in [9.17, 15) is 9.18 Å². The number of hydrogen-bond acceptors (Lipinski definition) is 5. The predicted molar refractivity (Wildman–Crippen MR) is 81.5 cm³/mol. The first-order valence-corrected chi connectivity index (χ1v) is 7.06. The van der Waals surface area contributed by atoms with E-state index in [0.717, 1.165) is 38.1 Å². The summed E-state index contributed by atoms with van der Waals surface area (Å²) in [5.74, 6) is -0.806. The highest BCUT2D eigenvalue weighted by atomic mass is 19.1. The minimum Gasteiger partial charge on any atom is -0.368 e. The first-order chi connectivity index (χ1) is 10.7. The fraction of sp³-hybridized carbons (Fsp3) is 0.267. The average molecular weight is 301 g/mol. The number of nitrogens with one attached hydrogen (secondary N) is 2. The molecule has 0 radical (unpaired) electrons. The molecule has 22 heavy (non-hydrogen) atoms. The van der Waals surface area contributed by atoms with E-state index >= 15 is 0 Å². The van der Waals surface area contributed by atoms with Crippen LogP contribution >= 0.6 is 0 Å². The Bertz CT molecular complexity index is 655. The van der Waals surface area contributed by atoms with Crippen LogP contribution in [0.1, 0.15) is 10.4 Å². The quantitative estimate of drug-likeness (QED) is 0.893. The molecule has 114 valence electrons. The van der Waals surface area contributed by atoms with Gasteiger partial charge in [0, 0.05) is 32.4 Å². The van der Waals surface area contributed by atoms with Crippen molar-refractivity contribution < 1.29 is 9.18 Å². The van der Waals surface area contributed by atoms with Crippen molar-refractivity contribution in [1.29, 1.82) is 0 Å². The van der Waals surface area contributed by atoms with E-state index in [1.165, 1.54) is 12.3 Å². The van der Waals surface area contributed by atoms with Gasteiger partial charge in [0.25, 0.3) is 5.91 Å². The second kappa shape index (κ2) is 6.48. The Morgan fingerprint density at radius 1 is 1.23 bits per heavy atom. The highest BCUT2D eigenvalue weighted by Crippen LogP contribution is 2.16. The Labute approximate surface area is 127 Å². The molecule has 1 saturated heterocycles. The van der Waals surface area contributed by atoms with E-state index in [1.54, 1.807) is 12.3 Å². The molecular formula is C15H16FN5O. The summed E-state index contributed by atoms with van der Waals surface area (Å²) >= 11 is 0. The summed E-state index contributed by atoms with van der Waals surface area (Å²) in [5.41, 5.74) is 0.956. The first kappa shape index (κ1) is 14.4. The van der Waals surface area contributed by atoms with Crippen molar-refractivity contribution in [3.05, 3.63) is 48.2 Å². The Hall–Kier alpha value is -2.54. The van der Waals surface area contributed by atoms with Gasteiger partial charge in [0.2, 0.25) is 0 Å². The van der Waals surface area contributed by atoms with Gasteiger partial charge >= 0.3 is 0 Å². The number of halogens is 1. The second-order valence-corrected chi connectivity index (χ2v) is 4.95. The van der Waals surface area contributed by atoms with Crippen LogP contribution in [0, 0.1) is 5.82 Å². The zero-order chi connectivity index (χ0) is 15.4. The molecule has 2 aromatic rings. The molecule has 6 nitrogen and oxygen atoms in total. The molecule has 2 N–H and O–H groups in total. The minimum atomic E-state index is -0.655. The van der Waals surface area contributed by atoms with Crippen LogP contribution in [0.15, 0.2) is 36.8 Å². The zero-order valence-electron chi connectivity index (χ0n) is 11.9. The van der Waals surface area contributed by atoms with E-state index < -0.39 is 11.7 Å². The Balaban J connectivity index is 1.68. The van der Waals surface area contributed by atoms with E-state index in [0.29, 0.717) is 5.82 Å². The Morgan fingerprint density at radius 2 is 2.05 bits per heavy atom. The van der Waals surface area contributed by atoms with Gasteiger partial charge in [-0.3, -0.25) is 9.78 Å². The first-order valence-electron chi connectivity index (χ1n) is 7.06. The molecule has 0 atom stereocenters. The predicted octanol–water partition coefficient (Wildman–Crippen LogP) is 1.28. The molecule has 3 heterocycles. The van der Waals surface area contributed by atoms with E-state index in [1.807, 2.05) is 6.07 Å². The smallest absolute Gasteiger partial charge is 0.259 e. The lowest BCUT2D eigenvalue weighted by molar-refractivity contribution is 0.102. The van der Waals surface area contributed by atoms with Crippen molar-refractivity contribution in [2.24, 2.45) is 0 Å². The van der Waals surface area contributed by atoms with Crippen molar-refractivity contribution in [3.8, 4) is 0 Å². The molecular weight excluding hydrogens is 285 g/mol. The molecule has 0 unspecified atom stereocenters. The zero-order valence-corrected chi connectivity index (χ0v) is 11.9. The molecule has 7 heteroatoms. The number of aromatic nitrogens is 2. The molecule has 2 aromatic heterocycles. The lowest BCUT2D eigenvalue weighted by atomic mass is 10.2. The van der Waals surface area contributed by atoms with Gasteiger partial charge in [0.1, 0.15) is 5.82 Å². The van der Waals surface area contributed by atoms with Gasteiger partial charge in [-0.25, -0.2) is 9.37 Å². The van der Waals surface area contributed by atoms with Crippen LogP contribution in [0.5, 0.6) is 0 Å². The number of carbonyl (C=O) groups excluding carboxylic acids is 1. The van der Waals surface area contributed by atoms with Crippen molar-refractivity contribution in [1.82, 2.24) is 15.3 Å². The van der Waals surface area contributed by atoms with Gasteiger partial charge in [0.15, 0.2) is 5.82 Å². The summed E-state index contributed by atoms with van der Waals surface area (Å²) < 4.78 is 13.5. The maximum atomic E-state index is 13.5. The summed E-state index contributed by atoms with van der Waals surface area (Å²) in [6.45, 7) is 3.74. The van der Waals surface area contributed by atoms with Gasteiger partial charge in [0.05, 0.1) is 23.6 Å². The molecule has 0 spiro atoms. The van der Waals surface area contributed by atoms with Crippen LogP contribution in [0.4, 0.5) is 15.9 Å².